The van der Waals surface area contributed by atoms with E-state index in [0.717, 1.165) is 33.6 Å². The Bertz CT molecular complexity index is 1250. The number of methoxy groups -OCH3 is 1. The normalized spacial score (nSPS) is 11.6. The quantitative estimate of drug-likeness (QED) is 0.441. The SMILES string of the molecule is COCCn1cc(-c2ccc3n[nH][n+](Cc4ccc5ncnn5c4)c3n2)cn1. The first-order chi connectivity index (χ1) is 13.8. The van der Waals surface area contributed by atoms with E-state index in [2.05, 4.69) is 25.5 Å². The molecule has 10 nitrogen and oxygen atoms in total. The molecule has 140 valence electrons. The van der Waals surface area contributed by atoms with Gasteiger partial charge in [0.1, 0.15) is 18.6 Å². The number of aromatic amines is 1. The fourth-order valence-electron chi connectivity index (χ4n) is 3.10. The maximum atomic E-state index is 5.10. The minimum Gasteiger partial charge on any atom is -0.383 e. The molecule has 0 spiro atoms. The standard InChI is InChI=1S/C18H17N9O/c1-28-7-6-25-11-14(8-20-25)15-3-4-16-18(22-15)27(24-23-16)10-13-2-5-17-19-12-21-26(17)9-13/h2-5,8-9,11-12H,6-7,10H2,1H3/p+1. The van der Waals surface area contributed by atoms with Crippen LogP contribution in [0.15, 0.2) is 49.2 Å². The van der Waals surface area contributed by atoms with Crippen molar-refractivity contribution in [2.24, 2.45) is 0 Å². The van der Waals surface area contributed by atoms with Crippen LogP contribution in [-0.4, -0.2) is 53.4 Å². The minimum atomic E-state index is 0.593. The van der Waals surface area contributed by atoms with E-state index in [1.54, 1.807) is 18.0 Å². The predicted molar refractivity (Wildman–Crippen MR) is 99.3 cm³/mol. The Morgan fingerprint density at radius 3 is 3.04 bits per heavy atom. The van der Waals surface area contributed by atoms with E-state index in [1.165, 1.54) is 0 Å². The summed E-state index contributed by atoms with van der Waals surface area (Å²) in [6.45, 7) is 1.91. The zero-order valence-electron chi connectivity index (χ0n) is 15.2. The first-order valence-electron chi connectivity index (χ1n) is 8.85. The molecule has 1 N–H and O–H groups in total. The molecule has 0 aromatic carbocycles. The molecular formula is C18H18N9O+. The van der Waals surface area contributed by atoms with Gasteiger partial charge < -0.3 is 4.74 Å². The highest BCUT2D eigenvalue weighted by Crippen LogP contribution is 2.18. The molecule has 0 fully saturated rings. The molecule has 5 aromatic rings. The van der Waals surface area contributed by atoms with Gasteiger partial charge in [-0.05, 0) is 23.3 Å². The smallest absolute Gasteiger partial charge is 0.325 e. The monoisotopic (exact) mass is 376 g/mol. The molecule has 0 saturated heterocycles. The van der Waals surface area contributed by atoms with Crippen LogP contribution in [0.5, 0.6) is 0 Å². The molecule has 0 aliphatic carbocycles. The largest absolute Gasteiger partial charge is 0.383 e. The van der Waals surface area contributed by atoms with E-state index in [9.17, 15) is 0 Å². The second-order valence-corrected chi connectivity index (χ2v) is 6.42. The van der Waals surface area contributed by atoms with Crippen molar-refractivity contribution < 1.29 is 9.42 Å². The average Bonchev–Trinajstić information content (AvgIpc) is 3.46. The molecule has 0 amide bonds. The third-order valence-electron chi connectivity index (χ3n) is 4.53. The number of fused-ring (bicyclic) bond motifs is 2. The molecule has 28 heavy (non-hydrogen) atoms. The molecule has 0 unspecified atom stereocenters. The first-order valence-corrected chi connectivity index (χ1v) is 8.85. The number of hydrogen-bond donors (Lipinski definition) is 1. The molecule has 0 aliphatic heterocycles. The van der Waals surface area contributed by atoms with Gasteiger partial charge in [0.05, 0.1) is 24.9 Å². The van der Waals surface area contributed by atoms with Crippen LogP contribution in [0.3, 0.4) is 0 Å². The summed E-state index contributed by atoms with van der Waals surface area (Å²) >= 11 is 0. The third kappa shape index (κ3) is 2.99. The van der Waals surface area contributed by atoms with Crippen molar-refractivity contribution >= 4 is 16.8 Å². The van der Waals surface area contributed by atoms with Gasteiger partial charge in [0.2, 0.25) is 5.52 Å². The van der Waals surface area contributed by atoms with Crippen LogP contribution in [0.1, 0.15) is 5.56 Å². The van der Waals surface area contributed by atoms with Gasteiger partial charge >= 0.3 is 5.65 Å². The lowest BCUT2D eigenvalue weighted by molar-refractivity contribution is -0.724. The number of ether oxygens (including phenoxy) is 1. The predicted octanol–water partition coefficient (Wildman–Crippen LogP) is 0.846. The molecule has 0 atom stereocenters. The van der Waals surface area contributed by atoms with Crippen molar-refractivity contribution in [1.82, 2.24) is 39.7 Å². The van der Waals surface area contributed by atoms with E-state index in [-0.39, 0.29) is 0 Å². The Morgan fingerprint density at radius 1 is 1.14 bits per heavy atom. The molecule has 10 heteroatoms. The summed E-state index contributed by atoms with van der Waals surface area (Å²) in [4.78, 5) is 8.97. The molecular weight excluding hydrogens is 358 g/mol. The lowest BCUT2D eigenvalue weighted by Crippen LogP contribution is -2.37. The molecule has 0 radical (unpaired) electrons. The highest BCUT2D eigenvalue weighted by Gasteiger charge is 2.17. The van der Waals surface area contributed by atoms with Gasteiger partial charge in [0, 0.05) is 25.1 Å². The number of rotatable bonds is 6. The number of hydrogen-bond acceptors (Lipinski definition) is 6. The van der Waals surface area contributed by atoms with Crippen LogP contribution in [0.4, 0.5) is 0 Å². The Hall–Kier alpha value is -3.66. The van der Waals surface area contributed by atoms with Crippen LogP contribution in [0.2, 0.25) is 0 Å². The zero-order valence-corrected chi connectivity index (χ0v) is 15.2. The van der Waals surface area contributed by atoms with Gasteiger partial charge in [0.25, 0.3) is 0 Å². The summed E-state index contributed by atoms with van der Waals surface area (Å²) in [5.41, 5.74) is 5.26. The highest BCUT2D eigenvalue weighted by atomic mass is 16.5. The van der Waals surface area contributed by atoms with Crippen molar-refractivity contribution in [2.75, 3.05) is 13.7 Å². The van der Waals surface area contributed by atoms with Crippen LogP contribution in [-0.2, 0) is 17.8 Å². The van der Waals surface area contributed by atoms with Crippen molar-refractivity contribution in [3.63, 3.8) is 0 Å². The van der Waals surface area contributed by atoms with Crippen molar-refractivity contribution in [1.29, 1.82) is 0 Å². The summed E-state index contributed by atoms with van der Waals surface area (Å²) < 4.78 is 10.6. The van der Waals surface area contributed by atoms with Gasteiger partial charge in [-0.3, -0.25) is 4.68 Å². The van der Waals surface area contributed by atoms with Crippen LogP contribution in [0.25, 0.3) is 28.1 Å². The van der Waals surface area contributed by atoms with Crippen LogP contribution in [0, 0.1) is 0 Å². The van der Waals surface area contributed by atoms with Gasteiger partial charge in [-0.15, -0.1) is 5.21 Å². The van der Waals surface area contributed by atoms with Crippen LogP contribution >= 0.6 is 0 Å². The third-order valence-corrected chi connectivity index (χ3v) is 4.53. The Kier molecular flexibility index (Phi) is 4.02. The van der Waals surface area contributed by atoms with Crippen molar-refractivity contribution in [3.05, 3.63) is 54.7 Å². The van der Waals surface area contributed by atoms with E-state index >= 15 is 0 Å². The Balaban J connectivity index is 1.46. The van der Waals surface area contributed by atoms with Gasteiger partial charge in [-0.1, -0.05) is 11.1 Å². The Labute approximate surface area is 159 Å². The van der Waals surface area contributed by atoms with Gasteiger partial charge in [-0.25, -0.2) is 9.50 Å². The number of nitrogens with zero attached hydrogens (tertiary/aromatic N) is 8. The Morgan fingerprint density at radius 2 is 2.11 bits per heavy atom. The first kappa shape index (κ1) is 16.5. The summed E-state index contributed by atoms with van der Waals surface area (Å²) in [5.74, 6) is 0. The lowest BCUT2D eigenvalue weighted by atomic mass is 10.2. The number of nitrogens with one attached hydrogen (secondary N) is 1. The fraction of sp³-hybridized carbons (Fsp3) is 0.222. The van der Waals surface area contributed by atoms with Crippen molar-refractivity contribution in [3.8, 4) is 11.3 Å². The number of aromatic nitrogens is 9. The molecule has 0 bridgehead atoms. The summed E-state index contributed by atoms with van der Waals surface area (Å²) in [6, 6.07) is 7.87. The van der Waals surface area contributed by atoms with Crippen LogP contribution < -0.4 is 4.68 Å². The van der Waals surface area contributed by atoms with E-state index in [1.807, 2.05) is 52.2 Å². The average molecular weight is 376 g/mol. The minimum absolute atomic E-state index is 0.593. The summed E-state index contributed by atoms with van der Waals surface area (Å²) in [7, 11) is 1.68. The highest BCUT2D eigenvalue weighted by molar-refractivity contribution is 5.71. The molecule has 5 rings (SSSR count). The summed E-state index contributed by atoms with van der Waals surface area (Å²) in [5, 5.41) is 15.9. The number of H-pyrrole nitrogens is 1. The lowest BCUT2D eigenvalue weighted by Gasteiger charge is -2.00. The maximum Gasteiger partial charge on any atom is 0.325 e. The van der Waals surface area contributed by atoms with E-state index in [0.29, 0.717) is 19.7 Å². The molecule has 0 aliphatic rings. The fourth-order valence-corrected chi connectivity index (χ4v) is 3.10. The summed E-state index contributed by atoms with van der Waals surface area (Å²) in [6.07, 6.45) is 7.27. The zero-order chi connectivity index (χ0) is 18.9. The topological polar surface area (TPSA) is 103 Å². The number of pyridine rings is 2. The van der Waals surface area contributed by atoms with Crippen molar-refractivity contribution in [2.45, 2.75) is 13.1 Å². The molecule has 5 aromatic heterocycles. The second-order valence-electron chi connectivity index (χ2n) is 6.42. The maximum absolute atomic E-state index is 5.10. The van der Waals surface area contributed by atoms with E-state index < -0.39 is 0 Å². The van der Waals surface area contributed by atoms with E-state index in [4.69, 9.17) is 9.72 Å². The van der Waals surface area contributed by atoms with Gasteiger partial charge in [0.15, 0.2) is 5.65 Å². The van der Waals surface area contributed by atoms with Gasteiger partial charge in [-0.2, -0.15) is 14.9 Å². The second kappa shape index (κ2) is 6.82. The molecule has 5 heterocycles. The molecule has 0 saturated carbocycles.